The summed E-state index contributed by atoms with van der Waals surface area (Å²) in [5.74, 6) is 0.0746. The molecule has 2 aromatic rings. The first-order chi connectivity index (χ1) is 10.0. The van der Waals surface area contributed by atoms with Crippen molar-refractivity contribution in [3.63, 3.8) is 0 Å². The van der Waals surface area contributed by atoms with Crippen LogP contribution in [0.2, 0.25) is 0 Å². The van der Waals surface area contributed by atoms with E-state index in [4.69, 9.17) is 0 Å². The Balaban J connectivity index is 2.37. The van der Waals surface area contributed by atoms with E-state index in [1.807, 2.05) is 55.1 Å². The molecule has 110 valence electrons. The molecule has 2 rings (SSSR count). The van der Waals surface area contributed by atoms with Crippen LogP contribution < -0.4 is 4.90 Å². The van der Waals surface area contributed by atoms with E-state index in [0.717, 1.165) is 29.8 Å². The lowest BCUT2D eigenvalue weighted by Gasteiger charge is -2.23. The van der Waals surface area contributed by atoms with Gasteiger partial charge < -0.3 is 4.90 Å². The summed E-state index contributed by atoms with van der Waals surface area (Å²) in [7, 11) is 0. The van der Waals surface area contributed by atoms with Crippen molar-refractivity contribution in [3.05, 3.63) is 64.7 Å². The number of carbonyl (C=O) groups excluding carboxylic acids is 1. The van der Waals surface area contributed by atoms with Gasteiger partial charge in [-0.25, -0.2) is 0 Å². The lowest BCUT2D eigenvalue weighted by Crippen LogP contribution is -2.31. The Bertz CT molecular complexity index is 646. The molecule has 21 heavy (non-hydrogen) atoms. The second kappa shape index (κ2) is 6.57. The van der Waals surface area contributed by atoms with Crippen LogP contribution in [-0.2, 0) is 0 Å². The van der Waals surface area contributed by atoms with Crippen LogP contribution in [0.5, 0.6) is 0 Å². The summed E-state index contributed by atoms with van der Waals surface area (Å²) in [5, 5.41) is 0. The first kappa shape index (κ1) is 15.3. The van der Waals surface area contributed by atoms with E-state index in [0.29, 0.717) is 0 Å². The van der Waals surface area contributed by atoms with Crippen LogP contribution in [-0.4, -0.2) is 12.5 Å². The summed E-state index contributed by atoms with van der Waals surface area (Å²) in [6, 6.07) is 14.0. The second-order valence-corrected chi connectivity index (χ2v) is 5.59. The zero-order valence-corrected chi connectivity index (χ0v) is 13.3. The van der Waals surface area contributed by atoms with Gasteiger partial charge in [-0.2, -0.15) is 0 Å². The van der Waals surface area contributed by atoms with E-state index in [9.17, 15) is 4.79 Å². The van der Waals surface area contributed by atoms with Gasteiger partial charge in [0.05, 0.1) is 0 Å². The Morgan fingerprint density at radius 1 is 1.00 bits per heavy atom. The number of aryl methyl sites for hydroxylation is 3. The number of rotatable bonds is 4. The van der Waals surface area contributed by atoms with Crippen molar-refractivity contribution in [2.45, 2.75) is 34.1 Å². The van der Waals surface area contributed by atoms with Crippen molar-refractivity contribution in [1.82, 2.24) is 0 Å². The standard InChI is InChI=1S/C19H23NO/c1-5-11-20(18-8-6-7-14(2)12-18)19(21)17-10-9-15(3)16(4)13-17/h6-10,12-13H,5,11H2,1-4H3. The van der Waals surface area contributed by atoms with Gasteiger partial charge in [0, 0.05) is 17.8 Å². The van der Waals surface area contributed by atoms with Gasteiger partial charge >= 0.3 is 0 Å². The van der Waals surface area contributed by atoms with Crippen molar-refractivity contribution in [1.29, 1.82) is 0 Å². The average Bonchev–Trinajstić information content (AvgIpc) is 2.47. The molecule has 0 heterocycles. The van der Waals surface area contributed by atoms with E-state index in [1.165, 1.54) is 11.1 Å². The third-order valence-corrected chi connectivity index (χ3v) is 3.76. The van der Waals surface area contributed by atoms with Gasteiger partial charge in [-0.05, 0) is 68.1 Å². The molecule has 0 aliphatic rings. The quantitative estimate of drug-likeness (QED) is 0.797. The molecule has 0 radical (unpaired) electrons. The largest absolute Gasteiger partial charge is 0.308 e. The molecule has 0 saturated carbocycles. The first-order valence-corrected chi connectivity index (χ1v) is 7.48. The minimum Gasteiger partial charge on any atom is -0.308 e. The van der Waals surface area contributed by atoms with Crippen molar-refractivity contribution in [3.8, 4) is 0 Å². The lowest BCUT2D eigenvalue weighted by atomic mass is 10.0. The van der Waals surface area contributed by atoms with Crippen LogP contribution in [0.25, 0.3) is 0 Å². The second-order valence-electron chi connectivity index (χ2n) is 5.59. The predicted molar refractivity (Wildman–Crippen MR) is 89.1 cm³/mol. The number of nitrogens with zero attached hydrogens (tertiary/aromatic N) is 1. The summed E-state index contributed by atoms with van der Waals surface area (Å²) in [4.78, 5) is 14.7. The highest BCUT2D eigenvalue weighted by Crippen LogP contribution is 2.20. The Labute approximate surface area is 127 Å². The summed E-state index contributed by atoms with van der Waals surface area (Å²) >= 11 is 0. The minimum atomic E-state index is 0.0746. The smallest absolute Gasteiger partial charge is 0.258 e. The number of anilines is 1. The Morgan fingerprint density at radius 3 is 2.38 bits per heavy atom. The van der Waals surface area contributed by atoms with Crippen molar-refractivity contribution >= 4 is 11.6 Å². The molecule has 0 aliphatic carbocycles. The molecule has 0 bridgehead atoms. The minimum absolute atomic E-state index is 0.0746. The molecule has 0 N–H and O–H groups in total. The first-order valence-electron chi connectivity index (χ1n) is 7.48. The van der Waals surface area contributed by atoms with Gasteiger partial charge in [0.1, 0.15) is 0 Å². The van der Waals surface area contributed by atoms with Crippen LogP contribution >= 0.6 is 0 Å². The van der Waals surface area contributed by atoms with E-state index < -0.39 is 0 Å². The molecule has 0 spiro atoms. The lowest BCUT2D eigenvalue weighted by molar-refractivity contribution is 0.0987. The highest BCUT2D eigenvalue weighted by molar-refractivity contribution is 6.06. The average molecular weight is 281 g/mol. The van der Waals surface area contributed by atoms with Crippen molar-refractivity contribution in [2.24, 2.45) is 0 Å². The highest BCUT2D eigenvalue weighted by atomic mass is 16.2. The maximum atomic E-state index is 12.8. The SMILES string of the molecule is CCCN(C(=O)c1ccc(C)c(C)c1)c1cccc(C)c1. The fraction of sp³-hybridized carbons (Fsp3) is 0.316. The maximum absolute atomic E-state index is 12.8. The molecule has 0 saturated heterocycles. The Hall–Kier alpha value is -2.09. The van der Waals surface area contributed by atoms with Gasteiger partial charge in [-0.15, -0.1) is 0 Å². The molecule has 2 aromatic carbocycles. The van der Waals surface area contributed by atoms with E-state index in [-0.39, 0.29) is 5.91 Å². The molecule has 2 nitrogen and oxygen atoms in total. The Kier molecular flexibility index (Phi) is 4.79. The molecule has 2 heteroatoms. The monoisotopic (exact) mass is 281 g/mol. The topological polar surface area (TPSA) is 20.3 Å². The number of hydrogen-bond donors (Lipinski definition) is 0. The summed E-state index contributed by atoms with van der Waals surface area (Å²) < 4.78 is 0. The fourth-order valence-electron chi connectivity index (χ4n) is 2.40. The van der Waals surface area contributed by atoms with Crippen LogP contribution in [0.4, 0.5) is 5.69 Å². The number of hydrogen-bond acceptors (Lipinski definition) is 1. The van der Waals surface area contributed by atoms with E-state index in [1.54, 1.807) is 0 Å². The summed E-state index contributed by atoms with van der Waals surface area (Å²) in [6.45, 7) is 8.98. The normalized spacial score (nSPS) is 10.5. The van der Waals surface area contributed by atoms with Crippen LogP contribution in [0.1, 0.15) is 40.4 Å². The maximum Gasteiger partial charge on any atom is 0.258 e. The zero-order chi connectivity index (χ0) is 15.4. The fourth-order valence-corrected chi connectivity index (χ4v) is 2.40. The third-order valence-electron chi connectivity index (χ3n) is 3.76. The highest BCUT2D eigenvalue weighted by Gasteiger charge is 2.17. The zero-order valence-electron chi connectivity index (χ0n) is 13.3. The molecule has 0 aliphatic heterocycles. The van der Waals surface area contributed by atoms with Crippen molar-refractivity contribution < 1.29 is 4.79 Å². The van der Waals surface area contributed by atoms with Gasteiger partial charge in [-0.1, -0.05) is 25.1 Å². The van der Waals surface area contributed by atoms with Gasteiger partial charge in [0.2, 0.25) is 0 Å². The van der Waals surface area contributed by atoms with Gasteiger partial charge in [0.15, 0.2) is 0 Å². The van der Waals surface area contributed by atoms with E-state index in [2.05, 4.69) is 19.9 Å². The molecule has 0 aromatic heterocycles. The van der Waals surface area contributed by atoms with Crippen LogP contribution in [0, 0.1) is 20.8 Å². The molecule has 0 unspecified atom stereocenters. The summed E-state index contributed by atoms with van der Waals surface area (Å²) in [5.41, 5.74) is 5.26. The van der Waals surface area contributed by atoms with Gasteiger partial charge in [0.25, 0.3) is 5.91 Å². The molecule has 0 fully saturated rings. The molecular formula is C19H23NO. The van der Waals surface area contributed by atoms with Gasteiger partial charge in [-0.3, -0.25) is 4.79 Å². The molecule has 1 amide bonds. The van der Waals surface area contributed by atoms with Crippen LogP contribution in [0.3, 0.4) is 0 Å². The number of benzene rings is 2. The van der Waals surface area contributed by atoms with Crippen LogP contribution in [0.15, 0.2) is 42.5 Å². The van der Waals surface area contributed by atoms with Crippen molar-refractivity contribution in [2.75, 3.05) is 11.4 Å². The summed E-state index contributed by atoms with van der Waals surface area (Å²) in [6.07, 6.45) is 0.935. The van der Waals surface area contributed by atoms with E-state index >= 15 is 0 Å². The third kappa shape index (κ3) is 3.52. The predicted octanol–water partition coefficient (Wildman–Crippen LogP) is 4.67. The molecular weight excluding hydrogens is 258 g/mol. The number of carbonyl (C=O) groups is 1. The Morgan fingerprint density at radius 2 is 1.76 bits per heavy atom. The number of amides is 1. The molecule has 0 atom stereocenters.